The number of benzene rings is 2. The third kappa shape index (κ3) is 6.61. The van der Waals surface area contributed by atoms with Crippen molar-refractivity contribution in [3.8, 4) is 5.75 Å². The Morgan fingerprint density at radius 3 is 2.27 bits per heavy atom. The number of nitrogens with one attached hydrogen (secondary N) is 2. The number of allylic oxidation sites excluding steroid dienone is 3. The molecule has 0 atom stereocenters. The van der Waals surface area contributed by atoms with Gasteiger partial charge >= 0.3 is 10.2 Å². The smallest absolute Gasteiger partial charge is 0.301 e. The molecule has 1 aliphatic rings. The summed E-state index contributed by atoms with van der Waals surface area (Å²) in [6, 6.07) is 5.42. The molecule has 0 saturated heterocycles. The zero-order valence-corrected chi connectivity index (χ0v) is 23.2. The first-order valence-corrected chi connectivity index (χ1v) is 14.8. The minimum Gasteiger partial charge on any atom is -0.506 e. The molecule has 1 aliphatic carbocycles. The maximum absolute atomic E-state index is 13.1. The number of aromatic hydroxyl groups is 1. The average molecular weight is 570 g/mol. The van der Waals surface area contributed by atoms with Gasteiger partial charge in [0, 0.05) is 36.8 Å². The van der Waals surface area contributed by atoms with E-state index in [-0.39, 0.29) is 33.4 Å². The van der Waals surface area contributed by atoms with Crippen LogP contribution in [0.4, 0.5) is 11.4 Å². The molecule has 0 amide bonds. The Morgan fingerprint density at radius 2 is 1.73 bits per heavy atom. The van der Waals surface area contributed by atoms with Crippen LogP contribution in [0.25, 0.3) is 10.8 Å². The average Bonchev–Trinajstić information content (AvgIpc) is 2.77. The van der Waals surface area contributed by atoms with E-state index in [9.17, 15) is 30.4 Å². The highest BCUT2D eigenvalue weighted by Crippen LogP contribution is 2.43. The molecule has 0 spiro atoms. The van der Waals surface area contributed by atoms with Crippen LogP contribution >= 0.6 is 0 Å². The maximum Gasteiger partial charge on any atom is 0.301 e. The quantitative estimate of drug-likeness (QED) is 0.339. The lowest BCUT2D eigenvalue weighted by Crippen LogP contribution is -2.40. The number of nitrogens with zero attached hydrogens (tertiary/aromatic N) is 3. The van der Waals surface area contributed by atoms with E-state index in [0.717, 1.165) is 10.4 Å². The fourth-order valence-electron chi connectivity index (χ4n) is 3.31. The molecule has 15 heteroatoms. The van der Waals surface area contributed by atoms with Crippen LogP contribution in [0, 0.1) is 0 Å². The first kappa shape index (κ1) is 28.5. The molecule has 3 N–H and O–H groups in total. The summed E-state index contributed by atoms with van der Waals surface area (Å²) in [4.78, 5) is -0.307. The Bertz CT molecular complexity index is 1690. The topological polar surface area (TPSA) is 175 Å². The Kier molecular flexibility index (Phi) is 7.95. The normalized spacial score (nSPS) is 15.0. The third-order valence-corrected chi connectivity index (χ3v) is 8.91. The van der Waals surface area contributed by atoms with E-state index in [1.54, 1.807) is 20.8 Å². The molecule has 0 fully saturated rings. The van der Waals surface area contributed by atoms with Gasteiger partial charge in [-0.1, -0.05) is 18.2 Å². The van der Waals surface area contributed by atoms with Crippen molar-refractivity contribution < 1.29 is 30.4 Å². The molecule has 37 heavy (non-hydrogen) atoms. The minimum absolute atomic E-state index is 0.0234. The first-order valence-electron chi connectivity index (χ1n) is 10.8. The van der Waals surface area contributed by atoms with Gasteiger partial charge in [-0.05, 0) is 45.1 Å². The summed E-state index contributed by atoms with van der Waals surface area (Å²) in [5.41, 5.74) is -0.568. The summed E-state index contributed by atoms with van der Waals surface area (Å²) < 4.78 is 79.4. The highest BCUT2D eigenvalue weighted by Gasteiger charge is 2.28. The lowest BCUT2D eigenvalue weighted by atomic mass is 10.1. The second-order valence-electron chi connectivity index (χ2n) is 9.28. The number of phenols is 1. The van der Waals surface area contributed by atoms with Crippen molar-refractivity contribution in [2.75, 3.05) is 18.8 Å². The Balaban J connectivity index is 2.28. The number of anilines is 1. The van der Waals surface area contributed by atoms with Crippen molar-refractivity contribution in [3.05, 3.63) is 48.2 Å². The Labute approximate surface area is 217 Å². The fourth-order valence-corrected chi connectivity index (χ4v) is 5.89. The van der Waals surface area contributed by atoms with E-state index in [2.05, 4.69) is 19.7 Å². The van der Waals surface area contributed by atoms with Gasteiger partial charge in [-0.15, -0.1) is 5.11 Å². The molecule has 200 valence electrons. The van der Waals surface area contributed by atoms with Crippen molar-refractivity contribution >= 4 is 57.5 Å². The van der Waals surface area contributed by atoms with Crippen LogP contribution in [0.2, 0.25) is 0 Å². The van der Waals surface area contributed by atoms with Gasteiger partial charge in [0.1, 0.15) is 10.6 Å². The van der Waals surface area contributed by atoms with Crippen LogP contribution in [0.1, 0.15) is 27.2 Å². The van der Waals surface area contributed by atoms with Crippen molar-refractivity contribution in [2.45, 2.75) is 37.6 Å². The second kappa shape index (κ2) is 10.3. The number of sulfonamides is 1. The number of phenolic OH excluding ortho intramolecular Hbond substituents is 1. The summed E-state index contributed by atoms with van der Waals surface area (Å²) in [5, 5.41) is 19.4. The van der Waals surface area contributed by atoms with E-state index in [4.69, 9.17) is 0 Å². The van der Waals surface area contributed by atoms with Crippen molar-refractivity contribution in [3.63, 3.8) is 0 Å². The van der Waals surface area contributed by atoms with Crippen molar-refractivity contribution in [1.82, 2.24) is 9.03 Å². The van der Waals surface area contributed by atoms with Crippen LogP contribution in [-0.4, -0.2) is 59.2 Å². The van der Waals surface area contributed by atoms with E-state index in [1.807, 2.05) is 0 Å². The minimum atomic E-state index is -4.23. The van der Waals surface area contributed by atoms with Gasteiger partial charge in [-0.2, -0.15) is 26.3 Å². The molecular weight excluding hydrogens is 542 g/mol. The molecule has 0 bridgehead atoms. The number of rotatable bonds is 7. The SMILES string of the molecule is CN(C)S(=O)(=O)Nc1cccc2c(O)c(S(=O)(=O)NC(C)(C)C)cc(N=NC3=CCC(=S(=O)=O)C=C3)c12. The predicted molar refractivity (Wildman–Crippen MR) is 142 cm³/mol. The van der Waals surface area contributed by atoms with Gasteiger partial charge in [-0.25, -0.2) is 13.1 Å². The van der Waals surface area contributed by atoms with Gasteiger partial charge in [0.2, 0.25) is 20.3 Å². The second-order valence-corrected chi connectivity index (χ2v) is 13.8. The molecule has 0 unspecified atom stereocenters. The van der Waals surface area contributed by atoms with Crippen LogP contribution in [0.5, 0.6) is 5.75 Å². The standard InChI is InChI=1S/C22H27N5O7S3/c1-22(2,3)26-36(31,32)19-13-18(24-23-14-9-11-15(12-10-14)35(29)30)20-16(21(19)28)7-6-8-17(20)25-37(33,34)27(4)5/h6-11,13,25-26,28H,12H2,1-5H3. The zero-order chi connectivity index (χ0) is 27.8. The van der Waals surface area contributed by atoms with E-state index < -0.39 is 46.7 Å². The van der Waals surface area contributed by atoms with Gasteiger partial charge in [0.15, 0.2) is 0 Å². The molecule has 0 aromatic heterocycles. The summed E-state index contributed by atoms with van der Waals surface area (Å²) in [7, 11) is -7.92. The molecule has 3 rings (SSSR count). The number of fused-ring (bicyclic) bond motifs is 1. The Morgan fingerprint density at radius 1 is 1.05 bits per heavy atom. The van der Waals surface area contributed by atoms with E-state index >= 15 is 0 Å². The lowest BCUT2D eigenvalue weighted by Gasteiger charge is -2.22. The van der Waals surface area contributed by atoms with Crippen molar-refractivity contribution in [1.29, 1.82) is 0 Å². The van der Waals surface area contributed by atoms with Crippen molar-refractivity contribution in [2.24, 2.45) is 10.2 Å². The molecule has 12 nitrogen and oxygen atoms in total. The molecular formula is C22H27N5O7S3. The monoisotopic (exact) mass is 569 g/mol. The highest BCUT2D eigenvalue weighted by molar-refractivity contribution is 7.90. The Hall–Kier alpha value is -3.11. The van der Waals surface area contributed by atoms with Gasteiger partial charge in [0.05, 0.1) is 21.9 Å². The predicted octanol–water partition coefficient (Wildman–Crippen LogP) is 2.82. The largest absolute Gasteiger partial charge is 0.506 e. The molecule has 2 aromatic carbocycles. The summed E-state index contributed by atoms with van der Waals surface area (Å²) in [6.07, 6.45) is 4.41. The lowest BCUT2D eigenvalue weighted by molar-refractivity contribution is 0.458. The summed E-state index contributed by atoms with van der Waals surface area (Å²) >= 11 is 0. The number of azo groups is 1. The number of hydrogen-bond acceptors (Lipinski definition) is 9. The zero-order valence-electron chi connectivity index (χ0n) is 20.7. The van der Waals surface area contributed by atoms with Crippen LogP contribution in [0.15, 0.2) is 63.3 Å². The van der Waals surface area contributed by atoms with Gasteiger partial charge < -0.3 is 5.11 Å². The maximum atomic E-state index is 13.1. The molecule has 0 heterocycles. The van der Waals surface area contributed by atoms with Gasteiger partial charge in [0.25, 0.3) is 0 Å². The molecule has 2 aromatic rings. The molecule has 0 aliphatic heterocycles. The van der Waals surface area contributed by atoms with E-state index in [1.165, 1.54) is 50.5 Å². The first-order chi connectivity index (χ1) is 17.0. The summed E-state index contributed by atoms with van der Waals surface area (Å²) in [6.45, 7) is 4.92. The van der Waals surface area contributed by atoms with Crippen LogP contribution in [0.3, 0.4) is 0 Å². The number of hydrogen-bond donors (Lipinski definition) is 3. The van der Waals surface area contributed by atoms with E-state index in [0.29, 0.717) is 5.70 Å². The summed E-state index contributed by atoms with van der Waals surface area (Å²) in [5.74, 6) is -0.592. The highest BCUT2D eigenvalue weighted by atomic mass is 32.2. The van der Waals surface area contributed by atoms with Crippen LogP contribution < -0.4 is 9.44 Å². The van der Waals surface area contributed by atoms with Gasteiger partial charge in [-0.3, -0.25) is 4.72 Å². The fraction of sp³-hybridized carbons (Fsp3) is 0.318. The third-order valence-electron chi connectivity index (χ3n) is 4.97. The van der Waals surface area contributed by atoms with Crippen LogP contribution in [-0.2, 0) is 30.5 Å². The molecule has 0 radical (unpaired) electrons. The molecule has 0 saturated carbocycles.